The number of sulfonamides is 1. The van der Waals surface area contributed by atoms with Crippen molar-refractivity contribution < 1.29 is 32.6 Å². The summed E-state index contributed by atoms with van der Waals surface area (Å²) in [7, 11) is -2.62. The molecule has 1 heterocycles. The van der Waals surface area contributed by atoms with Gasteiger partial charge in [-0.1, -0.05) is 12.1 Å². The first-order valence-corrected chi connectivity index (χ1v) is 14.5. The summed E-state index contributed by atoms with van der Waals surface area (Å²) >= 11 is 0.960. The van der Waals surface area contributed by atoms with Crippen LogP contribution in [0.2, 0.25) is 0 Å². The van der Waals surface area contributed by atoms with E-state index < -0.39 is 34.2 Å². The number of nitrogens with two attached hydrogens (primary N) is 2. The van der Waals surface area contributed by atoms with Gasteiger partial charge in [0.05, 0.1) is 17.7 Å². The van der Waals surface area contributed by atoms with E-state index in [0.717, 1.165) is 11.3 Å². The minimum atomic E-state index is -4.14. The predicted molar refractivity (Wildman–Crippen MR) is 151 cm³/mol. The molecule has 2 aromatic carbocycles. The number of carboxylic acids is 1. The molecule has 1 aromatic heterocycles. The van der Waals surface area contributed by atoms with Gasteiger partial charge in [0.15, 0.2) is 5.78 Å². The summed E-state index contributed by atoms with van der Waals surface area (Å²) < 4.78 is 33.8. The Hall–Kier alpha value is -3.82. The molecule has 1 amide bonds. The van der Waals surface area contributed by atoms with Crippen LogP contribution >= 0.6 is 11.3 Å². The summed E-state index contributed by atoms with van der Waals surface area (Å²) in [5.74, 6) is -1.55. The monoisotopic (exact) mass is 589 g/mol. The molecule has 0 radical (unpaired) electrons. The third-order valence-corrected chi connectivity index (χ3v) is 8.03. The number of ketones is 1. The Bertz CT molecular complexity index is 1440. The fourth-order valence-corrected chi connectivity index (χ4v) is 5.67. The maximum Gasteiger partial charge on any atom is 0.326 e. The molecule has 0 aliphatic rings. The van der Waals surface area contributed by atoms with Crippen LogP contribution in [0.5, 0.6) is 5.75 Å². The molecule has 1 atom stereocenters. The van der Waals surface area contributed by atoms with Crippen LogP contribution in [0.4, 0.5) is 5.69 Å². The number of hydrogen-bond acceptors (Lipinski definition) is 10. The van der Waals surface area contributed by atoms with E-state index in [2.05, 4.69) is 15.4 Å². The van der Waals surface area contributed by atoms with Crippen molar-refractivity contribution in [1.29, 1.82) is 0 Å². The van der Waals surface area contributed by atoms with E-state index in [0.29, 0.717) is 29.8 Å². The smallest absolute Gasteiger partial charge is 0.326 e. The number of rotatable bonds is 15. The molecule has 0 aliphatic heterocycles. The van der Waals surface area contributed by atoms with Crippen molar-refractivity contribution in [2.45, 2.75) is 36.5 Å². The molecule has 0 saturated carbocycles. The Labute approximate surface area is 235 Å². The number of nitrogens with one attached hydrogen (secondary N) is 3. The van der Waals surface area contributed by atoms with Gasteiger partial charge >= 0.3 is 5.97 Å². The van der Waals surface area contributed by atoms with E-state index >= 15 is 0 Å². The van der Waals surface area contributed by atoms with Crippen LogP contribution in [0.25, 0.3) is 0 Å². The van der Waals surface area contributed by atoms with Gasteiger partial charge in [-0.15, -0.1) is 11.3 Å². The van der Waals surface area contributed by atoms with Crippen molar-refractivity contribution in [3.63, 3.8) is 0 Å². The van der Waals surface area contributed by atoms with Gasteiger partial charge < -0.3 is 26.6 Å². The number of methoxy groups -OCH3 is 1. The lowest BCUT2D eigenvalue weighted by atomic mass is 10.0. The summed E-state index contributed by atoms with van der Waals surface area (Å²) in [6.07, 6.45) is -0.279. The Morgan fingerprint density at radius 1 is 1.07 bits per heavy atom. The van der Waals surface area contributed by atoms with Gasteiger partial charge in [-0.25, -0.2) is 13.2 Å². The van der Waals surface area contributed by atoms with Crippen LogP contribution in [0, 0.1) is 0 Å². The van der Waals surface area contributed by atoms with Gasteiger partial charge in [0, 0.05) is 12.0 Å². The van der Waals surface area contributed by atoms with Gasteiger partial charge in [-0.2, -0.15) is 0 Å². The van der Waals surface area contributed by atoms with E-state index in [1.165, 1.54) is 36.8 Å². The molecule has 40 heavy (non-hydrogen) atoms. The first-order valence-electron chi connectivity index (χ1n) is 12.1. The van der Waals surface area contributed by atoms with Crippen LogP contribution in [0.15, 0.2) is 64.9 Å². The van der Waals surface area contributed by atoms with Crippen LogP contribution in [-0.4, -0.2) is 57.2 Å². The maximum atomic E-state index is 13.2. The lowest BCUT2D eigenvalue weighted by molar-refractivity contribution is -0.139. The van der Waals surface area contributed by atoms with Crippen molar-refractivity contribution in [2.75, 3.05) is 18.4 Å². The Balaban J connectivity index is 1.69. The van der Waals surface area contributed by atoms with Crippen molar-refractivity contribution >= 4 is 44.7 Å². The zero-order valence-corrected chi connectivity index (χ0v) is 23.3. The van der Waals surface area contributed by atoms with Crippen molar-refractivity contribution in [3.8, 4) is 5.75 Å². The number of carboxylic acid groups (broad SMARTS) is 1. The van der Waals surface area contributed by atoms with Crippen LogP contribution in [0.3, 0.4) is 0 Å². The quantitative estimate of drug-likeness (QED) is 0.0861. The molecular weight excluding hydrogens is 558 g/mol. The molecule has 8 N–H and O–H groups in total. The van der Waals surface area contributed by atoms with Crippen LogP contribution in [-0.2, 0) is 21.2 Å². The van der Waals surface area contributed by atoms with Gasteiger partial charge in [0.2, 0.25) is 0 Å². The summed E-state index contributed by atoms with van der Waals surface area (Å²) in [5.41, 5.74) is 11.7. The second kappa shape index (κ2) is 14.0. The second-order valence-electron chi connectivity index (χ2n) is 8.73. The molecule has 0 unspecified atom stereocenters. The molecule has 214 valence electrons. The summed E-state index contributed by atoms with van der Waals surface area (Å²) in [4.78, 5) is 37.1. The van der Waals surface area contributed by atoms with Gasteiger partial charge in [0.1, 0.15) is 23.0 Å². The van der Waals surface area contributed by atoms with E-state index in [4.69, 9.17) is 16.2 Å². The number of benzene rings is 2. The minimum Gasteiger partial charge on any atom is -0.497 e. The molecule has 0 spiro atoms. The molecule has 14 heteroatoms. The largest absolute Gasteiger partial charge is 0.497 e. The zero-order valence-electron chi connectivity index (χ0n) is 21.6. The topological polar surface area (TPSA) is 203 Å². The second-order valence-corrected chi connectivity index (χ2v) is 11.3. The molecule has 3 aromatic rings. The summed E-state index contributed by atoms with van der Waals surface area (Å²) in [5, 5.41) is 16.2. The van der Waals surface area contributed by atoms with Crippen LogP contribution < -0.4 is 31.6 Å². The fourth-order valence-electron chi connectivity index (χ4n) is 3.71. The first kappa shape index (κ1) is 30.7. The van der Waals surface area contributed by atoms with Crippen molar-refractivity contribution in [3.05, 3.63) is 76.0 Å². The highest BCUT2D eigenvalue weighted by molar-refractivity contribution is 7.92. The Kier molecular flexibility index (Phi) is 10.8. The number of aliphatic carboxylic acids is 1. The molecule has 0 saturated heterocycles. The highest BCUT2D eigenvalue weighted by atomic mass is 32.2. The van der Waals surface area contributed by atoms with Gasteiger partial charge in [-0.05, 0) is 72.8 Å². The lowest BCUT2D eigenvalue weighted by Gasteiger charge is -2.16. The number of thiophene rings is 1. The highest BCUT2D eigenvalue weighted by Gasteiger charge is 2.25. The third-order valence-electron chi connectivity index (χ3n) is 5.75. The summed E-state index contributed by atoms with van der Waals surface area (Å²) in [6, 6.07) is 12.7. The zero-order chi connectivity index (χ0) is 29.3. The predicted octanol–water partition coefficient (Wildman–Crippen LogP) is 1.74. The van der Waals surface area contributed by atoms with Gasteiger partial charge in [0.25, 0.3) is 15.9 Å². The van der Waals surface area contributed by atoms with Crippen LogP contribution in [0.1, 0.15) is 38.4 Å². The average molecular weight is 590 g/mol. The number of carbonyl (C=O) groups excluding carboxylic acids is 2. The first-order chi connectivity index (χ1) is 19.0. The molecular formula is C26H31N5O7S2. The molecule has 12 nitrogen and oxygen atoms in total. The Morgan fingerprint density at radius 2 is 1.80 bits per heavy atom. The number of anilines is 1. The standard InChI is InChI=1S/C26H31N5O7S2/c1-38-18-9-7-17(8-10-18)22(32)15-16-4-2-5-19(14-16)40(36,37)31-20-11-13-39-23(20)24(33)30-21(25(34)35)6-3-12-29-26(27)28/h2,4-5,7-11,13-14,21,26,29,31H,3,6,12,15,27-28H2,1H3,(H,30,33)(H,34,35)/t21-/m0/s1. The van der Waals surface area contributed by atoms with Crippen molar-refractivity contribution in [1.82, 2.24) is 10.6 Å². The summed E-state index contributed by atoms with van der Waals surface area (Å²) in [6.45, 7) is 0.353. The number of Topliss-reactive ketones (excluding diaryl/α,β-unsaturated/α-hetero) is 1. The number of amides is 1. The molecule has 0 bridgehead atoms. The average Bonchev–Trinajstić information content (AvgIpc) is 3.37. The van der Waals surface area contributed by atoms with Crippen molar-refractivity contribution in [2.24, 2.45) is 11.5 Å². The number of ether oxygens (including phenoxy) is 1. The number of carbonyl (C=O) groups is 3. The number of hydrogen-bond donors (Lipinski definition) is 6. The third kappa shape index (κ3) is 8.59. The molecule has 0 fully saturated rings. The SMILES string of the molecule is COc1ccc(C(=O)Cc2cccc(S(=O)(=O)Nc3ccsc3C(=O)N[C@@H](CCCNC(N)N)C(=O)O)c2)cc1. The van der Waals surface area contributed by atoms with E-state index in [1.54, 1.807) is 30.3 Å². The highest BCUT2D eigenvalue weighted by Crippen LogP contribution is 2.26. The normalized spacial score (nSPS) is 12.1. The molecule has 0 aliphatic carbocycles. The van der Waals surface area contributed by atoms with Gasteiger partial charge in [-0.3, -0.25) is 19.6 Å². The Morgan fingerprint density at radius 3 is 2.45 bits per heavy atom. The lowest BCUT2D eigenvalue weighted by Crippen LogP contribution is -2.46. The fraction of sp³-hybridized carbons (Fsp3) is 0.269. The van der Waals surface area contributed by atoms with E-state index in [9.17, 15) is 27.9 Å². The minimum absolute atomic E-state index is 0.00197. The molecule has 3 rings (SSSR count). The maximum absolute atomic E-state index is 13.2. The van der Waals surface area contributed by atoms with E-state index in [1.807, 2.05) is 0 Å². The van der Waals surface area contributed by atoms with E-state index in [-0.39, 0.29) is 34.1 Å².